The van der Waals surface area contributed by atoms with Crippen molar-refractivity contribution in [2.24, 2.45) is 5.92 Å². The van der Waals surface area contributed by atoms with Gasteiger partial charge in [-0.2, -0.15) is 0 Å². The van der Waals surface area contributed by atoms with Crippen molar-refractivity contribution in [1.82, 2.24) is 0 Å². The summed E-state index contributed by atoms with van der Waals surface area (Å²) in [5.74, 6) is 1.75. The third-order valence-electron chi connectivity index (χ3n) is 5.27. The molecule has 2 atom stereocenters. The average molecular weight is 371 g/mol. The van der Waals surface area contributed by atoms with Crippen LogP contribution in [-0.4, -0.2) is 6.10 Å². The minimum Gasteiger partial charge on any atom is -0.490 e. The van der Waals surface area contributed by atoms with E-state index in [1.165, 1.54) is 62.1 Å². The summed E-state index contributed by atoms with van der Waals surface area (Å²) in [6, 6.07) is 15.0. The van der Waals surface area contributed by atoms with E-state index in [0.717, 1.165) is 18.1 Å². The highest BCUT2D eigenvalue weighted by Gasteiger charge is 2.14. The van der Waals surface area contributed by atoms with Crippen molar-refractivity contribution in [3.8, 4) is 5.75 Å². The van der Waals surface area contributed by atoms with Crippen molar-refractivity contribution in [2.75, 3.05) is 0 Å². The van der Waals surface area contributed by atoms with Gasteiger partial charge in [-0.3, -0.25) is 0 Å². The normalized spacial score (nSPS) is 12.9. The average Bonchev–Trinajstić information content (AvgIpc) is 2.71. The summed E-state index contributed by atoms with van der Waals surface area (Å²) in [5.41, 5.74) is 0. The first-order chi connectivity index (χ1) is 13.1. The van der Waals surface area contributed by atoms with Gasteiger partial charge in [-0.1, -0.05) is 103 Å². The van der Waals surface area contributed by atoms with Crippen LogP contribution in [0.1, 0.15) is 92.4 Å². The second-order valence-corrected chi connectivity index (χ2v) is 7.85. The molecule has 0 aliphatic carbocycles. The molecule has 2 aromatic rings. The Hall–Kier alpha value is -1.50. The highest BCUT2D eigenvalue weighted by atomic mass is 16.5. The Kier molecular flexibility index (Phi) is 12.7. The van der Waals surface area contributed by atoms with Gasteiger partial charge < -0.3 is 4.74 Å². The number of rotatable bonds is 11. The van der Waals surface area contributed by atoms with Crippen molar-refractivity contribution in [3.05, 3.63) is 42.5 Å². The topological polar surface area (TPSA) is 9.23 Å². The lowest BCUT2D eigenvalue weighted by molar-refractivity contribution is 0.156. The first-order valence-electron chi connectivity index (χ1n) is 11.3. The highest BCUT2D eigenvalue weighted by Crippen LogP contribution is 2.25. The zero-order valence-corrected chi connectivity index (χ0v) is 18.5. The first kappa shape index (κ1) is 23.5. The Morgan fingerprint density at radius 2 is 1.48 bits per heavy atom. The number of hydrogen-bond donors (Lipinski definition) is 0. The standard InChI is InChI=1S/C22H32O.C4H10/c1-4-6-7-8-13-21(16-18(3)5-2)23-22-15-14-19-11-9-10-12-20(19)17-22;1-3-4-2/h9-12,14-15,17-18,21H,4-8,13,16H2,1-3H3;3-4H2,1-2H3. The van der Waals surface area contributed by atoms with Crippen LogP contribution in [0.15, 0.2) is 42.5 Å². The third kappa shape index (κ3) is 9.84. The van der Waals surface area contributed by atoms with E-state index in [1.54, 1.807) is 0 Å². The summed E-state index contributed by atoms with van der Waals surface area (Å²) in [7, 11) is 0. The van der Waals surface area contributed by atoms with Crippen LogP contribution in [0, 0.1) is 5.92 Å². The van der Waals surface area contributed by atoms with Crippen molar-refractivity contribution < 1.29 is 4.74 Å². The van der Waals surface area contributed by atoms with E-state index in [-0.39, 0.29) is 0 Å². The van der Waals surface area contributed by atoms with Crippen LogP contribution in [0.3, 0.4) is 0 Å². The molecule has 0 aliphatic rings. The van der Waals surface area contributed by atoms with E-state index >= 15 is 0 Å². The zero-order chi connectivity index (χ0) is 19.9. The maximum Gasteiger partial charge on any atom is 0.120 e. The molecular weight excluding hydrogens is 328 g/mol. The molecule has 0 aromatic heterocycles. The van der Waals surface area contributed by atoms with Crippen LogP contribution in [0.2, 0.25) is 0 Å². The van der Waals surface area contributed by atoms with Gasteiger partial charge in [-0.15, -0.1) is 0 Å². The molecule has 0 amide bonds. The van der Waals surface area contributed by atoms with Gasteiger partial charge in [0.1, 0.15) is 5.75 Å². The molecule has 2 aromatic carbocycles. The smallest absolute Gasteiger partial charge is 0.120 e. The molecular formula is C26H42O. The van der Waals surface area contributed by atoms with Gasteiger partial charge in [-0.25, -0.2) is 0 Å². The summed E-state index contributed by atoms with van der Waals surface area (Å²) in [6.07, 6.45) is 11.8. The lowest BCUT2D eigenvalue weighted by Gasteiger charge is -2.22. The minimum absolute atomic E-state index is 0.350. The number of benzene rings is 2. The fourth-order valence-corrected chi connectivity index (χ4v) is 3.07. The maximum absolute atomic E-state index is 6.38. The van der Waals surface area contributed by atoms with Gasteiger partial charge in [0.05, 0.1) is 6.10 Å². The summed E-state index contributed by atoms with van der Waals surface area (Å²) < 4.78 is 6.38. The Bertz CT molecular complexity index is 602. The van der Waals surface area contributed by atoms with E-state index in [0.29, 0.717) is 6.10 Å². The molecule has 1 heteroatoms. The van der Waals surface area contributed by atoms with Crippen molar-refractivity contribution in [1.29, 1.82) is 0 Å². The second-order valence-electron chi connectivity index (χ2n) is 7.85. The molecule has 0 saturated heterocycles. The van der Waals surface area contributed by atoms with Crippen molar-refractivity contribution >= 4 is 10.8 Å². The largest absolute Gasteiger partial charge is 0.490 e. The van der Waals surface area contributed by atoms with Crippen LogP contribution >= 0.6 is 0 Å². The van der Waals surface area contributed by atoms with E-state index in [2.05, 4.69) is 77.1 Å². The van der Waals surface area contributed by atoms with Gasteiger partial charge in [-0.05, 0) is 48.1 Å². The van der Waals surface area contributed by atoms with E-state index in [9.17, 15) is 0 Å². The van der Waals surface area contributed by atoms with Crippen LogP contribution in [0.4, 0.5) is 0 Å². The summed E-state index contributed by atoms with van der Waals surface area (Å²) in [6.45, 7) is 11.2. The molecule has 2 unspecified atom stereocenters. The predicted octanol–water partition coefficient (Wildman–Crippen LogP) is 8.80. The monoisotopic (exact) mass is 370 g/mol. The Labute approximate surface area is 168 Å². The molecule has 0 heterocycles. The zero-order valence-electron chi connectivity index (χ0n) is 18.5. The summed E-state index contributed by atoms with van der Waals surface area (Å²) >= 11 is 0. The number of ether oxygens (including phenoxy) is 1. The summed E-state index contributed by atoms with van der Waals surface area (Å²) in [4.78, 5) is 0. The lowest BCUT2D eigenvalue weighted by Crippen LogP contribution is -2.19. The molecule has 2 rings (SSSR count). The van der Waals surface area contributed by atoms with Gasteiger partial charge in [0.25, 0.3) is 0 Å². The van der Waals surface area contributed by atoms with Gasteiger partial charge >= 0.3 is 0 Å². The quantitative estimate of drug-likeness (QED) is 0.359. The predicted molar refractivity (Wildman–Crippen MR) is 122 cm³/mol. The maximum atomic E-state index is 6.38. The molecule has 0 saturated carbocycles. The fraction of sp³-hybridized carbons (Fsp3) is 0.615. The molecule has 152 valence electrons. The van der Waals surface area contributed by atoms with Gasteiger partial charge in [0, 0.05) is 0 Å². The molecule has 27 heavy (non-hydrogen) atoms. The van der Waals surface area contributed by atoms with E-state index in [1.807, 2.05) is 0 Å². The van der Waals surface area contributed by atoms with E-state index in [4.69, 9.17) is 4.74 Å². The Morgan fingerprint density at radius 1 is 0.778 bits per heavy atom. The van der Waals surface area contributed by atoms with Gasteiger partial charge in [0.2, 0.25) is 0 Å². The first-order valence-corrected chi connectivity index (χ1v) is 11.3. The molecule has 0 radical (unpaired) electrons. The second kappa shape index (κ2) is 14.5. The highest BCUT2D eigenvalue weighted by molar-refractivity contribution is 5.83. The number of unbranched alkanes of at least 4 members (excludes halogenated alkanes) is 4. The van der Waals surface area contributed by atoms with Crippen LogP contribution in [0.25, 0.3) is 10.8 Å². The van der Waals surface area contributed by atoms with Crippen LogP contribution in [0.5, 0.6) is 5.75 Å². The molecule has 0 spiro atoms. The SMILES string of the molecule is CCCC.CCCCCCC(CC(C)CC)Oc1ccc2ccccc2c1. The Balaban J connectivity index is 0.000000828. The summed E-state index contributed by atoms with van der Waals surface area (Å²) in [5, 5.41) is 2.54. The minimum atomic E-state index is 0.350. The fourth-order valence-electron chi connectivity index (χ4n) is 3.07. The Morgan fingerprint density at radius 3 is 2.11 bits per heavy atom. The van der Waals surface area contributed by atoms with Crippen LogP contribution in [-0.2, 0) is 0 Å². The lowest BCUT2D eigenvalue weighted by atomic mass is 9.97. The molecule has 1 nitrogen and oxygen atoms in total. The molecule has 0 fully saturated rings. The number of fused-ring (bicyclic) bond motifs is 1. The molecule has 0 N–H and O–H groups in total. The third-order valence-corrected chi connectivity index (χ3v) is 5.27. The number of hydrogen-bond acceptors (Lipinski definition) is 1. The van der Waals surface area contributed by atoms with Crippen molar-refractivity contribution in [3.63, 3.8) is 0 Å². The van der Waals surface area contributed by atoms with E-state index < -0.39 is 0 Å². The van der Waals surface area contributed by atoms with Gasteiger partial charge in [0.15, 0.2) is 0 Å². The van der Waals surface area contributed by atoms with Crippen molar-refractivity contribution in [2.45, 2.75) is 98.5 Å². The molecule has 0 aliphatic heterocycles. The molecule has 0 bridgehead atoms. The van der Waals surface area contributed by atoms with Crippen LogP contribution < -0.4 is 4.74 Å².